The summed E-state index contributed by atoms with van der Waals surface area (Å²) in [6, 6.07) is 4.07. The fourth-order valence-electron chi connectivity index (χ4n) is 3.71. The van der Waals surface area contributed by atoms with Crippen molar-refractivity contribution < 1.29 is 14.5 Å². The third-order valence-corrected chi connectivity index (χ3v) is 5.42. The highest BCUT2D eigenvalue weighted by molar-refractivity contribution is 6.31. The van der Waals surface area contributed by atoms with Gasteiger partial charge in [-0.05, 0) is 44.2 Å². The molecule has 1 aromatic carbocycles. The van der Waals surface area contributed by atoms with Crippen LogP contribution >= 0.6 is 11.6 Å². The maximum atomic E-state index is 12.7. The molecule has 2 saturated heterocycles. The van der Waals surface area contributed by atoms with E-state index in [2.05, 4.69) is 0 Å². The summed E-state index contributed by atoms with van der Waals surface area (Å²) in [5, 5.41) is 11.4. The molecule has 0 aliphatic carbocycles. The van der Waals surface area contributed by atoms with Crippen LogP contribution in [0.4, 0.5) is 5.69 Å². The van der Waals surface area contributed by atoms with Crippen LogP contribution < -0.4 is 0 Å². The van der Waals surface area contributed by atoms with Gasteiger partial charge in [-0.15, -0.1) is 0 Å². The molecule has 1 aromatic rings. The van der Waals surface area contributed by atoms with Crippen LogP contribution in [-0.4, -0.2) is 52.7 Å². The van der Waals surface area contributed by atoms with Crippen molar-refractivity contribution in [2.24, 2.45) is 5.92 Å². The number of nitro groups is 1. The number of amides is 2. The second-order valence-corrected chi connectivity index (χ2v) is 7.31. The third-order valence-electron chi connectivity index (χ3n) is 5.19. The Labute approximate surface area is 157 Å². The predicted molar refractivity (Wildman–Crippen MR) is 97.2 cm³/mol. The number of piperidine rings is 2. The van der Waals surface area contributed by atoms with E-state index in [0.717, 1.165) is 25.9 Å². The lowest BCUT2D eigenvalue weighted by Gasteiger charge is -2.35. The molecule has 0 atom stereocenters. The fraction of sp³-hybridized carbons (Fsp3) is 0.556. The molecule has 0 aromatic heterocycles. The molecule has 0 unspecified atom stereocenters. The molecule has 2 aliphatic rings. The SMILES string of the molecule is O=C(c1ccc(Cl)cc1[N+](=O)[O-])N1CCC(C(=O)N2CCCCC2)CC1. The third kappa shape index (κ3) is 3.98. The van der Waals surface area contributed by atoms with Gasteiger partial charge in [0, 0.05) is 43.2 Å². The first kappa shape index (κ1) is 18.6. The molecule has 0 bridgehead atoms. The molecule has 7 nitrogen and oxygen atoms in total. The van der Waals surface area contributed by atoms with Crippen molar-refractivity contribution in [3.8, 4) is 0 Å². The Morgan fingerprint density at radius 2 is 1.69 bits per heavy atom. The van der Waals surface area contributed by atoms with Gasteiger partial charge in [-0.3, -0.25) is 19.7 Å². The minimum absolute atomic E-state index is 0.0419. The smallest absolute Gasteiger partial charge is 0.283 e. The molecule has 0 saturated carbocycles. The summed E-state index contributed by atoms with van der Waals surface area (Å²) < 4.78 is 0. The Morgan fingerprint density at radius 3 is 2.31 bits per heavy atom. The van der Waals surface area contributed by atoms with Gasteiger partial charge in [0.05, 0.1) is 4.92 Å². The van der Waals surface area contributed by atoms with Crippen LogP contribution in [0.5, 0.6) is 0 Å². The van der Waals surface area contributed by atoms with Gasteiger partial charge in [0.25, 0.3) is 11.6 Å². The topological polar surface area (TPSA) is 83.8 Å². The van der Waals surface area contributed by atoms with E-state index >= 15 is 0 Å². The first-order chi connectivity index (χ1) is 12.5. The standard InChI is InChI=1S/C18H22ClN3O4/c19-14-4-5-15(16(12-14)22(25)26)18(24)21-10-6-13(7-11-21)17(23)20-8-2-1-3-9-20/h4-5,12-13H,1-3,6-11H2. The van der Waals surface area contributed by atoms with Gasteiger partial charge in [0.15, 0.2) is 0 Å². The van der Waals surface area contributed by atoms with Crippen LogP contribution in [0.2, 0.25) is 5.02 Å². The Hall–Kier alpha value is -2.15. The van der Waals surface area contributed by atoms with E-state index in [9.17, 15) is 19.7 Å². The molecule has 2 aliphatic heterocycles. The Kier molecular flexibility index (Phi) is 5.76. The lowest BCUT2D eigenvalue weighted by Crippen LogP contribution is -2.45. The molecule has 2 heterocycles. The fourth-order valence-corrected chi connectivity index (χ4v) is 3.88. The van der Waals surface area contributed by atoms with Crippen molar-refractivity contribution in [3.63, 3.8) is 0 Å². The van der Waals surface area contributed by atoms with Gasteiger partial charge >= 0.3 is 0 Å². The quantitative estimate of drug-likeness (QED) is 0.596. The molecule has 26 heavy (non-hydrogen) atoms. The number of nitro benzene ring substituents is 1. The summed E-state index contributed by atoms with van der Waals surface area (Å²) in [6.45, 7) is 2.52. The van der Waals surface area contributed by atoms with E-state index < -0.39 is 4.92 Å². The minimum atomic E-state index is -0.592. The van der Waals surface area contributed by atoms with Crippen LogP contribution in [0.15, 0.2) is 18.2 Å². The van der Waals surface area contributed by atoms with Crippen LogP contribution in [0.3, 0.4) is 0 Å². The average Bonchev–Trinajstić information content (AvgIpc) is 2.67. The van der Waals surface area contributed by atoms with E-state index in [1.54, 1.807) is 4.90 Å². The van der Waals surface area contributed by atoms with E-state index in [4.69, 9.17) is 11.6 Å². The van der Waals surface area contributed by atoms with Crippen LogP contribution in [-0.2, 0) is 4.79 Å². The van der Waals surface area contributed by atoms with Gasteiger partial charge < -0.3 is 9.80 Å². The highest BCUT2D eigenvalue weighted by atomic mass is 35.5. The summed E-state index contributed by atoms with van der Waals surface area (Å²) in [4.78, 5) is 39.4. The molecule has 8 heteroatoms. The maximum absolute atomic E-state index is 12.7. The highest BCUT2D eigenvalue weighted by Gasteiger charge is 2.32. The van der Waals surface area contributed by atoms with Crippen molar-refractivity contribution in [3.05, 3.63) is 38.9 Å². The first-order valence-electron chi connectivity index (χ1n) is 8.99. The van der Waals surface area contributed by atoms with E-state index in [1.807, 2.05) is 4.90 Å². The molecule has 2 fully saturated rings. The van der Waals surface area contributed by atoms with Crippen molar-refractivity contribution in [2.45, 2.75) is 32.1 Å². The molecule has 0 radical (unpaired) electrons. The second kappa shape index (κ2) is 8.03. The van der Waals surface area contributed by atoms with Crippen molar-refractivity contribution in [2.75, 3.05) is 26.2 Å². The van der Waals surface area contributed by atoms with Gasteiger partial charge in [0.2, 0.25) is 5.91 Å². The van der Waals surface area contributed by atoms with Crippen LogP contribution in [0.25, 0.3) is 0 Å². The number of hydrogen-bond donors (Lipinski definition) is 0. The Bertz CT molecular complexity index is 710. The molecule has 140 valence electrons. The number of carbonyl (C=O) groups is 2. The number of halogens is 1. The average molecular weight is 380 g/mol. The number of benzene rings is 1. The monoisotopic (exact) mass is 379 g/mol. The summed E-state index contributed by atoms with van der Waals surface area (Å²) in [5.74, 6) is -0.246. The Morgan fingerprint density at radius 1 is 1.04 bits per heavy atom. The highest BCUT2D eigenvalue weighted by Crippen LogP contribution is 2.27. The molecule has 3 rings (SSSR count). The summed E-state index contributed by atoms with van der Waals surface area (Å²) in [7, 11) is 0. The summed E-state index contributed by atoms with van der Waals surface area (Å²) >= 11 is 5.81. The van der Waals surface area contributed by atoms with Crippen molar-refractivity contribution in [1.82, 2.24) is 9.80 Å². The summed E-state index contributed by atoms with van der Waals surface area (Å²) in [5.41, 5.74) is -0.241. The second-order valence-electron chi connectivity index (χ2n) is 6.87. The summed E-state index contributed by atoms with van der Waals surface area (Å²) in [6.07, 6.45) is 4.49. The first-order valence-corrected chi connectivity index (χ1v) is 9.37. The van der Waals surface area contributed by atoms with Crippen LogP contribution in [0.1, 0.15) is 42.5 Å². The van der Waals surface area contributed by atoms with Crippen molar-refractivity contribution >= 4 is 29.1 Å². The number of carbonyl (C=O) groups excluding carboxylic acids is 2. The zero-order valence-corrected chi connectivity index (χ0v) is 15.3. The maximum Gasteiger partial charge on any atom is 0.283 e. The van der Waals surface area contributed by atoms with Crippen LogP contribution in [0, 0.1) is 16.0 Å². The lowest BCUT2D eigenvalue weighted by molar-refractivity contribution is -0.385. The normalized spacial score (nSPS) is 18.7. The molecule has 0 N–H and O–H groups in total. The molecule has 2 amide bonds. The molecular weight excluding hydrogens is 358 g/mol. The largest absolute Gasteiger partial charge is 0.342 e. The zero-order valence-electron chi connectivity index (χ0n) is 14.5. The number of nitrogens with zero attached hydrogens (tertiary/aromatic N) is 3. The van der Waals surface area contributed by atoms with Gasteiger partial charge in [-0.25, -0.2) is 0 Å². The number of rotatable bonds is 3. The number of likely N-dealkylation sites (tertiary alicyclic amines) is 2. The molecular formula is C18H22ClN3O4. The van der Waals surface area contributed by atoms with Gasteiger partial charge in [-0.2, -0.15) is 0 Å². The van der Waals surface area contributed by atoms with E-state index in [-0.39, 0.29) is 34.0 Å². The van der Waals surface area contributed by atoms with Crippen molar-refractivity contribution in [1.29, 1.82) is 0 Å². The van der Waals surface area contributed by atoms with E-state index in [0.29, 0.717) is 25.9 Å². The molecule has 0 spiro atoms. The van der Waals surface area contributed by atoms with E-state index in [1.165, 1.54) is 24.6 Å². The minimum Gasteiger partial charge on any atom is -0.342 e. The zero-order chi connectivity index (χ0) is 18.7. The van der Waals surface area contributed by atoms with Gasteiger partial charge in [-0.1, -0.05) is 11.6 Å². The Balaban J connectivity index is 1.64. The lowest BCUT2D eigenvalue weighted by atomic mass is 9.94. The predicted octanol–water partition coefficient (Wildman–Crippen LogP) is 3.11. The van der Waals surface area contributed by atoms with Gasteiger partial charge in [0.1, 0.15) is 5.56 Å². The number of hydrogen-bond acceptors (Lipinski definition) is 4.